The van der Waals surface area contributed by atoms with Gasteiger partial charge in [-0.2, -0.15) is 13.2 Å². The highest BCUT2D eigenvalue weighted by Crippen LogP contribution is 2.14. The largest absolute Gasteiger partial charge is 0.405 e. The lowest BCUT2D eigenvalue weighted by Gasteiger charge is -2.14. The van der Waals surface area contributed by atoms with Gasteiger partial charge in [0.15, 0.2) is 0 Å². The van der Waals surface area contributed by atoms with E-state index in [2.05, 4.69) is 0 Å². The Morgan fingerprint density at radius 3 is 2.43 bits per heavy atom. The summed E-state index contributed by atoms with van der Waals surface area (Å²) in [4.78, 5) is 11.5. The summed E-state index contributed by atoms with van der Waals surface area (Å²) in [5.74, 6) is -0.712. The summed E-state index contributed by atoms with van der Waals surface area (Å²) in [5, 5.41) is 0.761. The number of nitrogens with one attached hydrogen (secondary N) is 1. The molecule has 0 spiro atoms. The van der Waals surface area contributed by atoms with E-state index < -0.39 is 34.7 Å². The number of carbonyl (C=O) groups excluding carboxylic acids is 1. The van der Waals surface area contributed by atoms with Crippen LogP contribution < -0.4 is 5.32 Å². The first-order valence-corrected chi connectivity index (χ1v) is 7.76. The molecule has 0 fully saturated rings. The van der Waals surface area contributed by atoms with Gasteiger partial charge in [0.1, 0.15) is 11.8 Å². The average Bonchev–Trinajstić information content (AvgIpc) is 2.38. The summed E-state index contributed by atoms with van der Waals surface area (Å²) in [6.07, 6.45) is -4.47. The quantitative estimate of drug-likeness (QED) is 0.906. The Morgan fingerprint density at radius 1 is 1.29 bits per heavy atom. The zero-order chi connectivity index (χ0) is 16.2. The molecule has 2 atom stereocenters. The van der Waals surface area contributed by atoms with Crippen molar-refractivity contribution in [3.05, 3.63) is 34.9 Å². The first-order valence-electron chi connectivity index (χ1n) is 6.38. The van der Waals surface area contributed by atoms with Gasteiger partial charge in [0, 0.05) is 16.6 Å². The van der Waals surface area contributed by atoms with Gasteiger partial charge in [-0.3, -0.25) is 9.00 Å². The van der Waals surface area contributed by atoms with Gasteiger partial charge in [0.25, 0.3) is 0 Å². The zero-order valence-corrected chi connectivity index (χ0v) is 12.9. The summed E-state index contributed by atoms with van der Waals surface area (Å²) in [6, 6.07) is 5.56. The maximum Gasteiger partial charge on any atom is 0.405 e. The van der Waals surface area contributed by atoms with Gasteiger partial charge in [-0.15, -0.1) is 0 Å². The van der Waals surface area contributed by atoms with Crippen molar-refractivity contribution in [1.29, 1.82) is 0 Å². The maximum atomic E-state index is 12.0. The van der Waals surface area contributed by atoms with Crippen LogP contribution in [0, 0.1) is 13.8 Å². The van der Waals surface area contributed by atoms with E-state index in [1.807, 2.05) is 26.0 Å². The highest BCUT2D eigenvalue weighted by molar-refractivity contribution is 7.85. The highest BCUT2D eigenvalue weighted by Gasteiger charge is 2.29. The molecule has 0 saturated heterocycles. The summed E-state index contributed by atoms with van der Waals surface area (Å²) >= 11 is 0. The van der Waals surface area contributed by atoms with Crippen molar-refractivity contribution in [3.63, 3.8) is 0 Å². The number of rotatable bonds is 5. The molecule has 0 radical (unpaired) electrons. The van der Waals surface area contributed by atoms with Crippen molar-refractivity contribution < 1.29 is 22.2 Å². The Kier molecular flexibility index (Phi) is 5.95. The van der Waals surface area contributed by atoms with E-state index in [-0.39, 0.29) is 5.75 Å². The molecule has 1 N–H and O–H groups in total. The summed E-state index contributed by atoms with van der Waals surface area (Å²) < 4.78 is 48.1. The van der Waals surface area contributed by atoms with Crippen LogP contribution in [0.1, 0.15) is 23.6 Å². The molecule has 0 aromatic heterocycles. The van der Waals surface area contributed by atoms with Crippen LogP contribution in [0.4, 0.5) is 13.2 Å². The smallest absolute Gasteiger partial charge is 0.346 e. The van der Waals surface area contributed by atoms with Crippen molar-refractivity contribution in [3.8, 4) is 0 Å². The molecule has 3 nitrogen and oxygen atoms in total. The third kappa shape index (κ3) is 5.87. The van der Waals surface area contributed by atoms with Crippen molar-refractivity contribution in [2.24, 2.45) is 0 Å². The Balaban J connectivity index is 2.61. The highest BCUT2D eigenvalue weighted by atomic mass is 32.2. The number of benzene rings is 1. The minimum absolute atomic E-state index is 0.141. The topological polar surface area (TPSA) is 46.2 Å². The van der Waals surface area contributed by atoms with Crippen LogP contribution in [0.5, 0.6) is 0 Å². The molecule has 0 heterocycles. The van der Waals surface area contributed by atoms with Crippen molar-refractivity contribution in [2.75, 3.05) is 6.54 Å². The number of hydrogen-bond donors (Lipinski definition) is 1. The third-order valence-corrected chi connectivity index (χ3v) is 4.73. The Bertz CT molecular complexity index is 544. The van der Waals surface area contributed by atoms with Gasteiger partial charge in [-0.25, -0.2) is 0 Å². The standard InChI is InChI=1S/C14H18F3NO2S/c1-9-4-5-12(6-10(9)2)7-21(20)11(3)13(19)18-8-14(15,16)17/h4-6,11H,7-8H2,1-3H3,(H,18,19). The lowest BCUT2D eigenvalue weighted by atomic mass is 10.1. The summed E-state index contributed by atoms with van der Waals surface area (Å²) in [5.41, 5.74) is 2.94. The first kappa shape index (κ1) is 17.7. The molecule has 21 heavy (non-hydrogen) atoms. The van der Waals surface area contributed by atoms with Gasteiger partial charge in [0.2, 0.25) is 5.91 Å². The molecule has 1 aromatic rings. The second-order valence-corrected chi connectivity index (χ2v) is 6.68. The van der Waals surface area contributed by atoms with Gasteiger partial charge in [-0.1, -0.05) is 18.2 Å². The van der Waals surface area contributed by atoms with Gasteiger partial charge in [-0.05, 0) is 37.5 Å². The van der Waals surface area contributed by atoms with Gasteiger partial charge < -0.3 is 5.32 Å². The van der Waals surface area contributed by atoms with E-state index in [0.29, 0.717) is 0 Å². The fraction of sp³-hybridized carbons (Fsp3) is 0.500. The molecule has 2 unspecified atom stereocenters. The molecule has 118 valence electrons. The van der Waals surface area contributed by atoms with Gasteiger partial charge in [0.05, 0.1) is 0 Å². The molecule has 0 aliphatic heterocycles. The van der Waals surface area contributed by atoms with Crippen LogP contribution in [-0.4, -0.2) is 28.1 Å². The maximum absolute atomic E-state index is 12.0. The third-order valence-electron chi connectivity index (χ3n) is 3.11. The molecule has 7 heteroatoms. The number of amides is 1. The SMILES string of the molecule is Cc1ccc(CS(=O)C(C)C(=O)NCC(F)(F)F)cc1C. The van der Waals surface area contributed by atoms with Crippen LogP contribution in [0.15, 0.2) is 18.2 Å². The molecule has 0 aliphatic carbocycles. The molecule has 1 amide bonds. The van der Waals surface area contributed by atoms with Gasteiger partial charge >= 0.3 is 6.18 Å². The predicted molar refractivity (Wildman–Crippen MR) is 76.3 cm³/mol. The van der Waals surface area contributed by atoms with E-state index in [4.69, 9.17) is 0 Å². The van der Waals surface area contributed by atoms with Crippen LogP contribution >= 0.6 is 0 Å². The normalized spacial score (nSPS) is 14.6. The number of carbonyl (C=O) groups is 1. The van der Waals surface area contributed by atoms with Crippen LogP contribution in [0.2, 0.25) is 0 Å². The molecule has 0 aliphatic rings. The second-order valence-electron chi connectivity index (χ2n) is 4.92. The van der Waals surface area contributed by atoms with E-state index in [0.717, 1.165) is 16.7 Å². The molecule has 0 bridgehead atoms. The average molecular weight is 321 g/mol. The van der Waals surface area contributed by atoms with E-state index in [9.17, 15) is 22.2 Å². The second kappa shape index (κ2) is 7.06. The minimum Gasteiger partial charge on any atom is -0.346 e. The lowest BCUT2D eigenvalue weighted by molar-refractivity contribution is -0.137. The van der Waals surface area contributed by atoms with E-state index in [1.54, 1.807) is 11.4 Å². The van der Waals surface area contributed by atoms with E-state index >= 15 is 0 Å². The first-order chi connectivity index (χ1) is 9.60. The van der Waals surface area contributed by atoms with Crippen molar-refractivity contribution in [1.82, 2.24) is 5.32 Å². The van der Waals surface area contributed by atoms with E-state index in [1.165, 1.54) is 6.92 Å². The monoisotopic (exact) mass is 321 g/mol. The zero-order valence-electron chi connectivity index (χ0n) is 12.1. The molecular weight excluding hydrogens is 303 g/mol. The number of hydrogen-bond acceptors (Lipinski definition) is 2. The van der Waals surface area contributed by atoms with Crippen LogP contribution in [0.25, 0.3) is 0 Å². The number of alkyl halides is 3. The predicted octanol–water partition coefficient (Wildman–Crippen LogP) is 2.62. The molecule has 1 aromatic carbocycles. The Hall–Kier alpha value is -1.37. The Morgan fingerprint density at radius 2 is 1.90 bits per heavy atom. The molecular formula is C14H18F3NO2S. The minimum atomic E-state index is -4.47. The summed E-state index contributed by atoms with van der Waals surface area (Å²) in [6.45, 7) is 3.82. The fourth-order valence-electron chi connectivity index (χ4n) is 1.63. The Labute approximate surface area is 124 Å². The van der Waals surface area contributed by atoms with Crippen molar-refractivity contribution >= 4 is 16.7 Å². The number of halogens is 3. The van der Waals surface area contributed by atoms with Crippen LogP contribution in [-0.2, 0) is 21.3 Å². The summed E-state index contributed by atoms with van der Waals surface area (Å²) in [7, 11) is -1.57. The lowest BCUT2D eigenvalue weighted by Crippen LogP contribution is -2.40. The van der Waals surface area contributed by atoms with Crippen LogP contribution in [0.3, 0.4) is 0 Å². The van der Waals surface area contributed by atoms with Crippen molar-refractivity contribution in [2.45, 2.75) is 38.0 Å². The fourth-order valence-corrected chi connectivity index (χ4v) is 2.71. The number of aryl methyl sites for hydroxylation is 2. The molecule has 1 rings (SSSR count). The molecule has 0 saturated carbocycles.